The van der Waals surface area contributed by atoms with Crippen LogP contribution in [0.1, 0.15) is 23.1 Å². The molecule has 2 aliphatic rings. The van der Waals surface area contributed by atoms with Crippen molar-refractivity contribution in [3.05, 3.63) is 89.0 Å². The summed E-state index contributed by atoms with van der Waals surface area (Å²) in [6.45, 7) is 1.82. The van der Waals surface area contributed by atoms with Crippen LogP contribution in [0.4, 0.5) is 11.4 Å². The van der Waals surface area contributed by atoms with E-state index in [1.54, 1.807) is 24.3 Å². The number of amides is 2. The van der Waals surface area contributed by atoms with E-state index in [0.29, 0.717) is 17.2 Å². The highest BCUT2D eigenvalue weighted by Gasteiger charge is 2.36. The summed E-state index contributed by atoms with van der Waals surface area (Å²) in [7, 11) is 3.04. The zero-order valence-electron chi connectivity index (χ0n) is 20.7. The van der Waals surface area contributed by atoms with Crippen molar-refractivity contribution >= 4 is 46.6 Å². The lowest BCUT2D eigenvalue weighted by Gasteiger charge is -2.32. The molecule has 0 unspecified atom stereocenters. The zero-order valence-corrected chi connectivity index (χ0v) is 21.5. The van der Waals surface area contributed by atoms with Gasteiger partial charge < -0.3 is 14.4 Å². The number of fused-ring (bicyclic) bond motifs is 1. The molecule has 3 aromatic carbocycles. The Balaban J connectivity index is 1.46. The maximum atomic E-state index is 13.6. The van der Waals surface area contributed by atoms with E-state index in [1.807, 2.05) is 12.1 Å². The molecule has 3 aromatic rings. The number of methoxy groups -OCH3 is 2. The monoisotopic (exact) mass is 513 g/mol. The highest BCUT2D eigenvalue weighted by molar-refractivity contribution is 7.80. The number of rotatable bonds is 6. The molecule has 0 aliphatic carbocycles. The first-order valence-electron chi connectivity index (χ1n) is 12.0. The number of aryl methyl sites for hydroxylation is 1. The third-order valence-corrected chi connectivity index (χ3v) is 6.86. The van der Waals surface area contributed by atoms with E-state index in [-0.39, 0.29) is 10.7 Å². The van der Waals surface area contributed by atoms with Crippen molar-refractivity contribution < 1.29 is 19.1 Å². The van der Waals surface area contributed by atoms with Crippen LogP contribution in [-0.2, 0) is 22.6 Å². The molecule has 7 nitrogen and oxygen atoms in total. The van der Waals surface area contributed by atoms with Crippen LogP contribution < -0.4 is 24.6 Å². The predicted molar refractivity (Wildman–Crippen MR) is 148 cm³/mol. The molecule has 2 heterocycles. The van der Waals surface area contributed by atoms with E-state index in [9.17, 15) is 9.59 Å². The predicted octanol–water partition coefficient (Wildman–Crippen LogP) is 4.49. The lowest BCUT2D eigenvalue weighted by Crippen LogP contribution is -2.54. The van der Waals surface area contributed by atoms with Crippen molar-refractivity contribution in [3.63, 3.8) is 0 Å². The van der Waals surface area contributed by atoms with E-state index in [1.165, 1.54) is 35.9 Å². The van der Waals surface area contributed by atoms with Crippen LogP contribution in [0.15, 0.2) is 72.3 Å². The Morgan fingerprint density at radius 3 is 2.54 bits per heavy atom. The number of carbonyl (C=O) groups is 2. The molecule has 188 valence electrons. The number of hydrogen-bond donors (Lipinski definition) is 1. The quantitative estimate of drug-likeness (QED) is 0.298. The van der Waals surface area contributed by atoms with E-state index in [0.717, 1.165) is 31.5 Å². The number of nitrogens with one attached hydrogen (secondary N) is 1. The smallest absolute Gasteiger partial charge is 0.270 e. The summed E-state index contributed by atoms with van der Waals surface area (Å²) in [5.74, 6) is -0.0943. The first kappa shape index (κ1) is 24.5. The van der Waals surface area contributed by atoms with Gasteiger partial charge in [-0.15, -0.1) is 0 Å². The summed E-state index contributed by atoms with van der Waals surface area (Å²) in [5, 5.41) is 2.63. The number of nitrogens with zero attached hydrogens (tertiary/aromatic N) is 2. The summed E-state index contributed by atoms with van der Waals surface area (Å²) in [6, 6.07) is 21.5. The second-order valence-corrected chi connectivity index (χ2v) is 9.28. The molecule has 8 heteroatoms. The summed E-state index contributed by atoms with van der Waals surface area (Å²) in [5.41, 5.74) is 4.81. The minimum Gasteiger partial charge on any atom is -0.497 e. The molecule has 1 N–H and O–H groups in total. The van der Waals surface area contributed by atoms with Gasteiger partial charge in [-0.25, -0.2) is 4.90 Å². The van der Waals surface area contributed by atoms with Crippen LogP contribution in [0.25, 0.3) is 6.08 Å². The molecule has 0 radical (unpaired) electrons. The van der Waals surface area contributed by atoms with Crippen LogP contribution in [-0.4, -0.2) is 37.7 Å². The largest absolute Gasteiger partial charge is 0.497 e. The summed E-state index contributed by atoms with van der Waals surface area (Å²) < 4.78 is 10.8. The second kappa shape index (κ2) is 10.4. The Morgan fingerprint density at radius 2 is 1.78 bits per heavy atom. The van der Waals surface area contributed by atoms with Gasteiger partial charge in [-0.2, -0.15) is 0 Å². The summed E-state index contributed by atoms with van der Waals surface area (Å²) in [4.78, 5) is 30.0. The van der Waals surface area contributed by atoms with Crippen molar-refractivity contribution in [2.45, 2.75) is 19.4 Å². The Labute approximate surface area is 221 Å². The van der Waals surface area contributed by atoms with Gasteiger partial charge in [0.15, 0.2) is 5.11 Å². The Hall–Kier alpha value is -4.17. The van der Waals surface area contributed by atoms with Gasteiger partial charge in [0.1, 0.15) is 17.1 Å². The molecule has 0 atom stereocenters. The Morgan fingerprint density at radius 1 is 0.973 bits per heavy atom. The molecule has 37 heavy (non-hydrogen) atoms. The van der Waals surface area contributed by atoms with Gasteiger partial charge in [-0.1, -0.05) is 36.4 Å². The minimum atomic E-state index is -0.531. The third kappa shape index (κ3) is 4.93. The normalized spacial score (nSPS) is 16.5. The van der Waals surface area contributed by atoms with Crippen LogP contribution in [0.3, 0.4) is 0 Å². The molecule has 2 amide bonds. The number of anilines is 2. The van der Waals surface area contributed by atoms with Crippen LogP contribution >= 0.6 is 12.2 Å². The van der Waals surface area contributed by atoms with Crippen molar-refractivity contribution in [1.82, 2.24) is 5.32 Å². The molecular weight excluding hydrogens is 486 g/mol. The van der Waals surface area contributed by atoms with Gasteiger partial charge in [0.25, 0.3) is 11.8 Å². The first-order valence-corrected chi connectivity index (χ1v) is 12.4. The topological polar surface area (TPSA) is 71.1 Å². The van der Waals surface area contributed by atoms with E-state index in [2.05, 4.69) is 46.6 Å². The van der Waals surface area contributed by atoms with Gasteiger partial charge in [0.2, 0.25) is 0 Å². The summed E-state index contributed by atoms with van der Waals surface area (Å²) >= 11 is 5.36. The van der Waals surface area contributed by atoms with Crippen molar-refractivity contribution in [2.24, 2.45) is 0 Å². The van der Waals surface area contributed by atoms with Gasteiger partial charge in [-0.05, 0) is 72.1 Å². The number of thiocarbonyl (C=S) groups is 1. The highest BCUT2D eigenvalue weighted by Crippen LogP contribution is 2.35. The Bertz CT molecular complexity index is 1400. The zero-order chi connectivity index (χ0) is 25.9. The van der Waals surface area contributed by atoms with Gasteiger partial charge >= 0.3 is 0 Å². The second-order valence-electron chi connectivity index (χ2n) is 8.89. The lowest BCUT2D eigenvalue weighted by molar-refractivity contribution is -0.122. The van der Waals surface area contributed by atoms with E-state index >= 15 is 0 Å². The standard InChI is InChI=1S/C29H27N3O4S/c1-35-22-11-13-26(36-2)25(17-22)32-28(34)23(27(33)30-29(32)37)16-20-10-12-24-21(15-20)9-6-14-31(24)18-19-7-4-3-5-8-19/h3-5,7-8,10-13,15-17H,6,9,14,18H2,1-2H3,(H,30,33,37)/b23-16+. The number of hydrogen-bond acceptors (Lipinski definition) is 6. The fourth-order valence-electron chi connectivity index (χ4n) is 4.77. The van der Waals surface area contributed by atoms with Crippen LogP contribution in [0.5, 0.6) is 11.5 Å². The van der Waals surface area contributed by atoms with E-state index in [4.69, 9.17) is 21.7 Å². The average molecular weight is 514 g/mol. The average Bonchev–Trinajstić information content (AvgIpc) is 2.91. The molecule has 1 saturated heterocycles. The molecule has 1 fully saturated rings. The highest BCUT2D eigenvalue weighted by atomic mass is 32.1. The number of benzene rings is 3. The minimum absolute atomic E-state index is 0.00428. The maximum absolute atomic E-state index is 13.6. The molecular formula is C29H27N3O4S. The summed E-state index contributed by atoms with van der Waals surface area (Å²) in [6.07, 6.45) is 3.60. The SMILES string of the molecule is COc1ccc(OC)c(N2C(=O)/C(=C/c3ccc4c(c3)CCCN4Cc3ccccc3)C(=O)NC2=S)c1. The first-order chi connectivity index (χ1) is 18.0. The van der Waals surface area contributed by atoms with Crippen molar-refractivity contribution in [3.8, 4) is 11.5 Å². The maximum Gasteiger partial charge on any atom is 0.270 e. The van der Waals surface area contributed by atoms with Gasteiger partial charge in [0, 0.05) is 24.8 Å². The molecule has 0 bridgehead atoms. The number of ether oxygens (including phenoxy) is 2. The van der Waals surface area contributed by atoms with Gasteiger partial charge in [-0.3, -0.25) is 14.9 Å². The molecule has 0 saturated carbocycles. The van der Waals surface area contributed by atoms with Crippen molar-refractivity contribution in [1.29, 1.82) is 0 Å². The third-order valence-electron chi connectivity index (χ3n) is 6.57. The Kier molecular flexibility index (Phi) is 6.92. The fourth-order valence-corrected chi connectivity index (χ4v) is 5.04. The molecule has 0 spiro atoms. The lowest BCUT2D eigenvalue weighted by atomic mass is 9.97. The van der Waals surface area contributed by atoms with Gasteiger partial charge in [0.05, 0.1) is 19.9 Å². The molecule has 2 aliphatic heterocycles. The van der Waals surface area contributed by atoms with Crippen LogP contribution in [0.2, 0.25) is 0 Å². The fraction of sp³-hybridized carbons (Fsp3) is 0.207. The molecule has 5 rings (SSSR count). The van der Waals surface area contributed by atoms with E-state index < -0.39 is 11.8 Å². The number of carbonyl (C=O) groups excluding carboxylic acids is 2. The van der Waals surface area contributed by atoms with Crippen molar-refractivity contribution in [2.75, 3.05) is 30.6 Å². The molecule has 0 aromatic heterocycles. The van der Waals surface area contributed by atoms with Crippen LogP contribution in [0, 0.1) is 0 Å².